The molecule has 0 radical (unpaired) electrons. The molecule has 2 N–H and O–H groups in total. The predicted molar refractivity (Wildman–Crippen MR) is 109 cm³/mol. The summed E-state index contributed by atoms with van der Waals surface area (Å²) in [5, 5.41) is 16.2. The second-order valence-corrected chi connectivity index (χ2v) is 7.31. The molecule has 0 unspecified atom stereocenters. The van der Waals surface area contributed by atoms with Crippen molar-refractivity contribution in [2.75, 3.05) is 5.32 Å². The summed E-state index contributed by atoms with van der Waals surface area (Å²) in [6.07, 6.45) is 0. The Bertz CT molecular complexity index is 928. The number of rotatable bonds is 6. The molecule has 2 aromatic carbocycles. The summed E-state index contributed by atoms with van der Waals surface area (Å²) in [4.78, 5) is 35.5. The lowest BCUT2D eigenvalue weighted by Crippen LogP contribution is -2.47. The van der Waals surface area contributed by atoms with E-state index >= 15 is 0 Å². The second-order valence-electron chi connectivity index (χ2n) is 6.90. The largest absolute Gasteiger partial charge is 0.340 e. The Morgan fingerprint density at radius 3 is 2.29 bits per heavy atom. The van der Waals surface area contributed by atoms with Crippen LogP contribution in [0.1, 0.15) is 35.3 Å². The highest BCUT2D eigenvalue weighted by atomic mass is 35.5. The number of amides is 2. The topological polar surface area (TPSA) is 101 Å². The lowest BCUT2D eigenvalue weighted by Gasteiger charge is -2.22. The van der Waals surface area contributed by atoms with Gasteiger partial charge in [0.15, 0.2) is 0 Å². The summed E-state index contributed by atoms with van der Waals surface area (Å²) in [6, 6.07) is 8.34. The van der Waals surface area contributed by atoms with E-state index in [0.29, 0.717) is 5.69 Å². The molecule has 2 rings (SSSR count). The van der Waals surface area contributed by atoms with Crippen LogP contribution in [0.5, 0.6) is 0 Å². The van der Waals surface area contributed by atoms with Gasteiger partial charge in [0.05, 0.1) is 15.5 Å². The molecule has 0 aromatic heterocycles. The van der Waals surface area contributed by atoms with Crippen LogP contribution >= 0.6 is 11.6 Å². The molecule has 28 heavy (non-hydrogen) atoms. The zero-order chi connectivity index (χ0) is 21.0. The van der Waals surface area contributed by atoms with E-state index in [0.717, 1.165) is 17.2 Å². The maximum Gasteiger partial charge on any atom is 0.270 e. The van der Waals surface area contributed by atoms with Crippen molar-refractivity contribution in [2.45, 2.75) is 33.7 Å². The van der Waals surface area contributed by atoms with Gasteiger partial charge in [0.1, 0.15) is 6.04 Å². The zero-order valence-electron chi connectivity index (χ0n) is 16.1. The van der Waals surface area contributed by atoms with Gasteiger partial charge < -0.3 is 10.6 Å². The summed E-state index contributed by atoms with van der Waals surface area (Å²) < 4.78 is 0. The van der Waals surface area contributed by atoms with Crippen molar-refractivity contribution in [3.05, 3.63) is 68.2 Å². The number of nitrogens with one attached hydrogen (secondary N) is 2. The van der Waals surface area contributed by atoms with Crippen LogP contribution in [0.3, 0.4) is 0 Å². The number of non-ortho nitro benzene ring substituents is 1. The molecule has 0 spiro atoms. The highest BCUT2D eigenvalue weighted by Gasteiger charge is 2.26. The second kappa shape index (κ2) is 8.84. The number of nitrogens with zero attached hydrogens (tertiary/aromatic N) is 1. The molecule has 0 heterocycles. The fourth-order valence-corrected chi connectivity index (χ4v) is 2.86. The Kier molecular flexibility index (Phi) is 6.75. The number of hydrogen-bond donors (Lipinski definition) is 2. The molecule has 8 heteroatoms. The molecule has 0 fully saturated rings. The Morgan fingerprint density at radius 2 is 1.75 bits per heavy atom. The maximum absolute atomic E-state index is 12.7. The molecule has 1 atom stereocenters. The van der Waals surface area contributed by atoms with Gasteiger partial charge in [0, 0.05) is 17.8 Å². The average molecular weight is 404 g/mol. The van der Waals surface area contributed by atoms with Crippen molar-refractivity contribution in [2.24, 2.45) is 5.92 Å². The SMILES string of the molecule is Cc1ccc(NC(=O)[C@H](NC(=O)c2ccc([N+](=O)[O-])cc2Cl)C(C)C)cc1C. The summed E-state index contributed by atoms with van der Waals surface area (Å²) in [7, 11) is 0. The Hall–Kier alpha value is -2.93. The van der Waals surface area contributed by atoms with Crippen molar-refractivity contribution >= 4 is 34.8 Å². The monoisotopic (exact) mass is 403 g/mol. The Labute approximate surface area is 168 Å². The van der Waals surface area contributed by atoms with Crippen LogP contribution in [0, 0.1) is 29.9 Å². The van der Waals surface area contributed by atoms with Gasteiger partial charge in [-0.05, 0) is 49.1 Å². The maximum atomic E-state index is 12.7. The fourth-order valence-electron chi connectivity index (χ4n) is 2.59. The Balaban J connectivity index is 2.17. The fraction of sp³-hybridized carbons (Fsp3) is 0.300. The third-order valence-electron chi connectivity index (χ3n) is 4.42. The molecule has 0 saturated heterocycles. The van der Waals surface area contributed by atoms with E-state index in [1.54, 1.807) is 6.07 Å². The number of carbonyl (C=O) groups is 2. The summed E-state index contributed by atoms with van der Waals surface area (Å²) in [6.45, 7) is 7.54. The van der Waals surface area contributed by atoms with Crippen LogP contribution in [0.25, 0.3) is 0 Å². The summed E-state index contributed by atoms with van der Waals surface area (Å²) >= 11 is 6.01. The van der Waals surface area contributed by atoms with Crippen LogP contribution in [0.2, 0.25) is 5.02 Å². The first-order valence-corrected chi connectivity index (χ1v) is 9.11. The van der Waals surface area contributed by atoms with E-state index in [9.17, 15) is 19.7 Å². The molecule has 0 aliphatic rings. The molecule has 148 valence electrons. The molecular weight excluding hydrogens is 382 g/mol. The zero-order valence-corrected chi connectivity index (χ0v) is 16.8. The summed E-state index contributed by atoms with van der Waals surface area (Å²) in [5.41, 5.74) is 2.65. The van der Waals surface area contributed by atoms with Gasteiger partial charge in [-0.2, -0.15) is 0 Å². The van der Waals surface area contributed by atoms with Crippen molar-refractivity contribution in [3.8, 4) is 0 Å². The first kappa shape index (κ1) is 21.4. The minimum absolute atomic E-state index is 0.0521. The van der Waals surface area contributed by atoms with Crippen LogP contribution in [-0.2, 0) is 4.79 Å². The first-order valence-electron chi connectivity index (χ1n) is 8.73. The van der Waals surface area contributed by atoms with Gasteiger partial charge in [0.2, 0.25) is 5.91 Å². The number of anilines is 1. The van der Waals surface area contributed by atoms with Crippen LogP contribution in [0.15, 0.2) is 36.4 Å². The van der Waals surface area contributed by atoms with Crippen molar-refractivity contribution in [1.82, 2.24) is 5.32 Å². The summed E-state index contributed by atoms with van der Waals surface area (Å²) in [5.74, 6) is -1.12. The van der Waals surface area contributed by atoms with Crippen molar-refractivity contribution in [1.29, 1.82) is 0 Å². The Morgan fingerprint density at radius 1 is 1.07 bits per heavy atom. The highest BCUT2D eigenvalue weighted by molar-refractivity contribution is 6.34. The number of aryl methyl sites for hydroxylation is 2. The van der Waals surface area contributed by atoms with E-state index in [1.807, 2.05) is 39.8 Å². The van der Waals surface area contributed by atoms with E-state index in [-0.39, 0.29) is 28.1 Å². The minimum Gasteiger partial charge on any atom is -0.340 e. The number of hydrogen-bond acceptors (Lipinski definition) is 4. The molecule has 0 aliphatic carbocycles. The molecule has 0 aliphatic heterocycles. The number of carbonyl (C=O) groups excluding carboxylic acids is 2. The van der Waals surface area contributed by atoms with E-state index in [1.165, 1.54) is 12.1 Å². The van der Waals surface area contributed by atoms with Gasteiger partial charge >= 0.3 is 0 Å². The van der Waals surface area contributed by atoms with Crippen LogP contribution in [-0.4, -0.2) is 22.8 Å². The van der Waals surface area contributed by atoms with Crippen LogP contribution in [0.4, 0.5) is 11.4 Å². The molecule has 2 amide bonds. The number of nitro groups is 1. The first-order chi connectivity index (χ1) is 13.1. The lowest BCUT2D eigenvalue weighted by atomic mass is 10.0. The normalized spacial score (nSPS) is 11.8. The molecule has 0 saturated carbocycles. The quantitative estimate of drug-likeness (QED) is 0.555. The highest BCUT2D eigenvalue weighted by Crippen LogP contribution is 2.23. The molecule has 0 bridgehead atoms. The smallest absolute Gasteiger partial charge is 0.270 e. The third-order valence-corrected chi connectivity index (χ3v) is 4.73. The standard InChI is InChI=1S/C20H22ClN3O4/c1-11(2)18(20(26)22-14-6-5-12(3)13(4)9-14)23-19(25)16-8-7-15(24(27)28)10-17(16)21/h5-11,18H,1-4H3,(H,22,26)(H,23,25)/t18-/m1/s1. The molecule has 2 aromatic rings. The van der Waals surface area contributed by atoms with E-state index < -0.39 is 16.9 Å². The van der Waals surface area contributed by atoms with Crippen LogP contribution < -0.4 is 10.6 Å². The van der Waals surface area contributed by atoms with Gasteiger partial charge in [0.25, 0.3) is 11.6 Å². The number of nitro benzene ring substituents is 1. The lowest BCUT2D eigenvalue weighted by molar-refractivity contribution is -0.384. The third kappa shape index (κ3) is 5.07. The number of benzene rings is 2. The predicted octanol–water partition coefficient (Wildman–Crippen LogP) is 4.26. The average Bonchev–Trinajstić information content (AvgIpc) is 2.62. The van der Waals surface area contributed by atoms with E-state index in [4.69, 9.17) is 11.6 Å². The minimum atomic E-state index is -0.805. The van der Waals surface area contributed by atoms with Crippen molar-refractivity contribution in [3.63, 3.8) is 0 Å². The van der Waals surface area contributed by atoms with Crippen molar-refractivity contribution < 1.29 is 14.5 Å². The van der Waals surface area contributed by atoms with Gasteiger partial charge in [-0.25, -0.2) is 0 Å². The van der Waals surface area contributed by atoms with Gasteiger partial charge in [-0.1, -0.05) is 31.5 Å². The molecular formula is C20H22ClN3O4. The van der Waals surface area contributed by atoms with E-state index in [2.05, 4.69) is 10.6 Å². The number of halogens is 1. The molecule has 7 nitrogen and oxygen atoms in total. The van der Waals surface area contributed by atoms with Gasteiger partial charge in [-0.15, -0.1) is 0 Å². The van der Waals surface area contributed by atoms with Gasteiger partial charge in [-0.3, -0.25) is 19.7 Å².